The van der Waals surface area contributed by atoms with Crippen LogP contribution in [0.2, 0.25) is 10.0 Å². The predicted octanol–water partition coefficient (Wildman–Crippen LogP) is 4.96. The first kappa shape index (κ1) is 16.8. The zero-order valence-electron chi connectivity index (χ0n) is 12.8. The van der Waals surface area contributed by atoms with Crippen molar-refractivity contribution in [3.63, 3.8) is 0 Å². The minimum atomic E-state index is -0.611. The summed E-state index contributed by atoms with van der Waals surface area (Å²) in [5, 5.41) is 10.1. The van der Waals surface area contributed by atoms with Crippen LogP contribution in [0.1, 0.15) is 21.5 Å². The number of aromatic hydroxyl groups is 1. The van der Waals surface area contributed by atoms with E-state index in [0.717, 1.165) is 12.1 Å². The first-order chi connectivity index (χ1) is 12.4. The Morgan fingerprint density at radius 2 is 1.50 bits per heavy atom. The van der Waals surface area contributed by atoms with Crippen LogP contribution in [0.4, 0.5) is 8.78 Å². The van der Waals surface area contributed by atoms with E-state index in [1.165, 1.54) is 24.3 Å². The lowest BCUT2D eigenvalue weighted by Gasteiger charge is -2.02. The number of carbonyl (C=O) groups excluding carboxylic acids is 1. The number of amides is 1. The van der Waals surface area contributed by atoms with Crippen molar-refractivity contribution in [1.29, 1.82) is 0 Å². The molecule has 3 aromatic rings. The number of rotatable bonds is 2. The Morgan fingerprint density at radius 1 is 0.923 bits per heavy atom. The zero-order valence-corrected chi connectivity index (χ0v) is 14.3. The minimum absolute atomic E-state index is 0.123. The van der Waals surface area contributed by atoms with Crippen LogP contribution >= 0.6 is 23.2 Å². The Labute approximate surface area is 155 Å². The highest BCUT2D eigenvalue weighted by Crippen LogP contribution is 2.39. The average Bonchev–Trinajstić information content (AvgIpc) is 3.12. The summed E-state index contributed by atoms with van der Waals surface area (Å²) < 4.78 is 26.8. The lowest BCUT2D eigenvalue weighted by molar-refractivity contribution is 0.101. The topological polar surface area (TPSA) is 65.4 Å². The van der Waals surface area contributed by atoms with Gasteiger partial charge < -0.3 is 10.1 Å². The molecule has 0 saturated heterocycles. The standard InChI is InChI=1S/C18H8Cl2F2N2O2/c19-9-5-7(1-3-11(9)21)15-13-14(18(26)23-15)16(24-17(13)25)8-2-4-12(22)10(20)6-8/h1-6,23,26H. The van der Waals surface area contributed by atoms with Crippen molar-refractivity contribution in [2.24, 2.45) is 4.99 Å². The van der Waals surface area contributed by atoms with Gasteiger partial charge in [0.2, 0.25) is 0 Å². The average molecular weight is 393 g/mol. The molecule has 130 valence electrons. The summed E-state index contributed by atoms with van der Waals surface area (Å²) in [5.41, 5.74) is 1.52. The Hall–Kier alpha value is -2.70. The summed E-state index contributed by atoms with van der Waals surface area (Å²) in [6.07, 6.45) is 0. The number of nitrogens with zero attached hydrogens (tertiary/aromatic N) is 1. The van der Waals surface area contributed by atoms with Crippen LogP contribution in [0.25, 0.3) is 11.3 Å². The van der Waals surface area contributed by atoms with Crippen LogP contribution in [0.15, 0.2) is 41.4 Å². The van der Waals surface area contributed by atoms with Gasteiger partial charge in [-0.1, -0.05) is 23.2 Å². The van der Waals surface area contributed by atoms with Crippen LogP contribution in [-0.2, 0) is 0 Å². The SMILES string of the molecule is O=C1N=C(c2ccc(F)c(Cl)c2)c2c(O)[nH]c(-c3ccc(F)c(Cl)c3)c21. The molecule has 0 saturated carbocycles. The van der Waals surface area contributed by atoms with E-state index < -0.39 is 17.5 Å². The van der Waals surface area contributed by atoms with Gasteiger partial charge in [-0.25, -0.2) is 13.8 Å². The van der Waals surface area contributed by atoms with Gasteiger partial charge in [0.15, 0.2) is 5.88 Å². The molecule has 4 nitrogen and oxygen atoms in total. The van der Waals surface area contributed by atoms with Crippen molar-refractivity contribution in [2.75, 3.05) is 0 Å². The predicted molar refractivity (Wildman–Crippen MR) is 94.2 cm³/mol. The van der Waals surface area contributed by atoms with Crippen molar-refractivity contribution >= 4 is 34.8 Å². The van der Waals surface area contributed by atoms with E-state index in [4.69, 9.17) is 23.2 Å². The molecule has 0 atom stereocenters. The van der Waals surface area contributed by atoms with Gasteiger partial charge in [-0.3, -0.25) is 4.79 Å². The highest BCUT2D eigenvalue weighted by Gasteiger charge is 2.33. The molecule has 26 heavy (non-hydrogen) atoms. The molecule has 0 bridgehead atoms. The molecule has 2 N–H and O–H groups in total. The molecule has 4 rings (SSSR count). The van der Waals surface area contributed by atoms with Gasteiger partial charge in [0, 0.05) is 11.1 Å². The number of hydrogen-bond acceptors (Lipinski definition) is 2. The summed E-state index contributed by atoms with van der Waals surface area (Å²) >= 11 is 11.6. The van der Waals surface area contributed by atoms with E-state index >= 15 is 0 Å². The number of aromatic nitrogens is 1. The highest BCUT2D eigenvalue weighted by atomic mass is 35.5. The number of halogens is 4. The number of nitrogens with one attached hydrogen (secondary N) is 1. The molecular formula is C18H8Cl2F2N2O2. The van der Waals surface area contributed by atoms with Gasteiger partial charge in [0.25, 0.3) is 5.91 Å². The quantitative estimate of drug-likeness (QED) is 0.646. The Balaban J connectivity index is 1.88. The number of carbonyl (C=O) groups is 1. The Morgan fingerprint density at radius 3 is 2.12 bits per heavy atom. The number of aliphatic imine (C=N–C) groups is 1. The third-order valence-electron chi connectivity index (χ3n) is 4.05. The first-order valence-electron chi connectivity index (χ1n) is 7.36. The van der Waals surface area contributed by atoms with Crippen LogP contribution in [0, 0.1) is 11.6 Å². The molecule has 2 aromatic carbocycles. The van der Waals surface area contributed by atoms with Crippen LogP contribution < -0.4 is 0 Å². The van der Waals surface area contributed by atoms with Crippen molar-refractivity contribution in [3.05, 3.63) is 74.8 Å². The fraction of sp³-hybridized carbons (Fsp3) is 0. The molecule has 0 fully saturated rings. The smallest absolute Gasteiger partial charge is 0.280 e. The molecule has 1 aromatic heterocycles. The van der Waals surface area contributed by atoms with E-state index in [9.17, 15) is 18.7 Å². The molecule has 0 radical (unpaired) electrons. The molecule has 2 heterocycles. The number of fused-ring (bicyclic) bond motifs is 1. The molecule has 0 spiro atoms. The van der Waals surface area contributed by atoms with Crippen molar-refractivity contribution in [1.82, 2.24) is 4.98 Å². The Kier molecular flexibility index (Phi) is 3.82. The van der Waals surface area contributed by atoms with Crippen LogP contribution in [0.5, 0.6) is 5.88 Å². The maximum atomic E-state index is 13.4. The van der Waals surface area contributed by atoms with E-state index in [1.807, 2.05) is 0 Å². The monoisotopic (exact) mass is 392 g/mol. The summed E-state index contributed by atoms with van der Waals surface area (Å²) in [6.45, 7) is 0. The van der Waals surface area contributed by atoms with E-state index in [-0.39, 0.29) is 38.5 Å². The van der Waals surface area contributed by atoms with Crippen LogP contribution in [0.3, 0.4) is 0 Å². The summed E-state index contributed by atoms with van der Waals surface area (Å²) in [4.78, 5) is 19.1. The van der Waals surface area contributed by atoms with Gasteiger partial charge in [0.1, 0.15) is 11.6 Å². The molecular weight excluding hydrogens is 385 g/mol. The van der Waals surface area contributed by atoms with E-state index in [0.29, 0.717) is 11.1 Å². The third-order valence-corrected chi connectivity index (χ3v) is 4.62. The highest BCUT2D eigenvalue weighted by molar-refractivity contribution is 6.34. The van der Waals surface area contributed by atoms with Gasteiger partial charge in [-0.2, -0.15) is 0 Å². The largest absolute Gasteiger partial charge is 0.494 e. The number of H-pyrrole nitrogens is 1. The van der Waals surface area contributed by atoms with Crippen molar-refractivity contribution in [2.45, 2.75) is 0 Å². The molecule has 8 heteroatoms. The van der Waals surface area contributed by atoms with E-state index in [2.05, 4.69) is 9.98 Å². The van der Waals surface area contributed by atoms with Gasteiger partial charge in [-0.15, -0.1) is 0 Å². The van der Waals surface area contributed by atoms with Crippen molar-refractivity contribution < 1.29 is 18.7 Å². The fourth-order valence-corrected chi connectivity index (χ4v) is 3.23. The molecule has 0 aliphatic carbocycles. The van der Waals surface area contributed by atoms with E-state index in [1.54, 1.807) is 0 Å². The lowest BCUT2D eigenvalue weighted by atomic mass is 10.00. The zero-order chi connectivity index (χ0) is 18.6. The normalized spacial score (nSPS) is 13.1. The maximum absolute atomic E-state index is 13.4. The molecule has 1 aliphatic heterocycles. The molecule has 0 unspecified atom stereocenters. The summed E-state index contributed by atoms with van der Waals surface area (Å²) in [7, 11) is 0. The lowest BCUT2D eigenvalue weighted by Crippen LogP contribution is -2.00. The van der Waals surface area contributed by atoms with Crippen molar-refractivity contribution in [3.8, 4) is 17.1 Å². The fourth-order valence-electron chi connectivity index (χ4n) is 2.87. The number of benzene rings is 2. The third kappa shape index (κ3) is 2.50. The first-order valence-corrected chi connectivity index (χ1v) is 8.11. The van der Waals surface area contributed by atoms with Gasteiger partial charge >= 0.3 is 0 Å². The minimum Gasteiger partial charge on any atom is -0.494 e. The van der Waals surface area contributed by atoms with Gasteiger partial charge in [-0.05, 0) is 36.4 Å². The van der Waals surface area contributed by atoms with Gasteiger partial charge in [0.05, 0.1) is 32.6 Å². The Bertz CT molecular complexity index is 1120. The van der Waals surface area contributed by atoms with Crippen LogP contribution in [-0.4, -0.2) is 21.7 Å². The second-order valence-corrected chi connectivity index (χ2v) is 6.44. The number of aromatic amines is 1. The second kappa shape index (κ2) is 5.93. The molecule has 1 amide bonds. The second-order valence-electron chi connectivity index (χ2n) is 5.62. The maximum Gasteiger partial charge on any atom is 0.280 e. The number of hydrogen-bond donors (Lipinski definition) is 2. The molecule has 1 aliphatic rings. The summed E-state index contributed by atoms with van der Waals surface area (Å²) in [6, 6.07) is 7.79. The summed E-state index contributed by atoms with van der Waals surface area (Å²) in [5.74, 6) is -2.10.